The average Bonchev–Trinajstić information content (AvgIpc) is 2.89. The van der Waals surface area contributed by atoms with Crippen molar-refractivity contribution in [1.29, 1.82) is 5.41 Å². The van der Waals surface area contributed by atoms with Crippen molar-refractivity contribution in [1.82, 2.24) is 0 Å². The van der Waals surface area contributed by atoms with Gasteiger partial charge in [0, 0.05) is 15.8 Å². The molecule has 3 nitrogen and oxygen atoms in total. The minimum Gasteiger partial charge on any atom is -0.489 e. The van der Waals surface area contributed by atoms with Crippen LogP contribution in [0.25, 0.3) is 10.1 Å². The number of hydrogen-bond acceptors (Lipinski definition) is 3. The van der Waals surface area contributed by atoms with Gasteiger partial charge in [0.25, 0.3) is 0 Å². The van der Waals surface area contributed by atoms with E-state index in [9.17, 15) is 0 Å². The lowest BCUT2D eigenvalue weighted by Crippen LogP contribution is -2.11. The molecule has 0 spiro atoms. The predicted molar refractivity (Wildman–Crippen MR) is 88.4 cm³/mol. The van der Waals surface area contributed by atoms with Crippen molar-refractivity contribution in [3.8, 4) is 5.75 Å². The summed E-state index contributed by atoms with van der Waals surface area (Å²) in [5.41, 5.74) is 8.44. The molecule has 0 bridgehead atoms. The van der Waals surface area contributed by atoms with E-state index in [-0.39, 0.29) is 5.84 Å². The standard InChI is InChI=1S/C17H16N2OS/c1-11-6-7-12(17(18)19)8-15(11)20-9-13-10-21-16-5-3-2-4-14(13)16/h2-8,10H,9H2,1H3,(H3,18,19). The first-order chi connectivity index (χ1) is 10.1. The number of ether oxygens (including phenoxy) is 1. The molecule has 0 atom stereocenters. The van der Waals surface area contributed by atoms with E-state index in [1.807, 2.05) is 37.3 Å². The lowest BCUT2D eigenvalue weighted by atomic mass is 10.1. The third-order valence-electron chi connectivity index (χ3n) is 3.44. The van der Waals surface area contributed by atoms with Crippen LogP contribution in [0.5, 0.6) is 5.75 Å². The van der Waals surface area contributed by atoms with Gasteiger partial charge in [0.05, 0.1) is 0 Å². The van der Waals surface area contributed by atoms with Crippen molar-refractivity contribution in [2.24, 2.45) is 5.73 Å². The summed E-state index contributed by atoms with van der Waals surface area (Å²) in [5, 5.41) is 10.9. The molecular formula is C17H16N2OS. The van der Waals surface area contributed by atoms with Crippen molar-refractivity contribution in [2.45, 2.75) is 13.5 Å². The number of nitrogens with two attached hydrogens (primary N) is 1. The van der Waals surface area contributed by atoms with E-state index in [1.165, 1.54) is 15.6 Å². The summed E-state index contributed by atoms with van der Waals surface area (Å²) in [6.45, 7) is 2.51. The van der Waals surface area contributed by atoms with Gasteiger partial charge < -0.3 is 10.5 Å². The summed E-state index contributed by atoms with van der Waals surface area (Å²) in [7, 11) is 0. The van der Waals surface area contributed by atoms with Gasteiger partial charge in [-0.15, -0.1) is 11.3 Å². The van der Waals surface area contributed by atoms with Crippen molar-refractivity contribution in [3.63, 3.8) is 0 Å². The maximum atomic E-state index is 7.51. The highest BCUT2D eigenvalue weighted by atomic mass is 32.1. The summed E-state index contributed by atoms with van der Waals surface area (Å²) >= 11 is 1.73. The fourth-order valence-corrected chi connectivity index (χ4v) is 3.17. The molecule has 0 fully saturated rings. The Morgan fingerprint density at radius 3 is 2.86 bits per heavy atom. The zero-order valence-electron chi connectivity index (χ0n) is 11.7. The predicted octanol–water partition coefficient (Wildman–Crippen LogP) is 4.07. The minimum atomic E-state index is 0.0563. The maximum absolute atomic E-state index is 7.51. The molecule has 0 saturated heterocycles. The van der Waals surface area contributed by atoms with E-state index in [0.29, 0.717) is 12.2 Å². The Kier molecular flexibility index (Phi) is 3.62. The number of rotatable bonds is 4. The Balaban J connectivity index is 1.84. The second-order valence-electron chi connectivity index (χ2n) is 4.94. The number of hydrogen-bond donors (Lipinski definition) is 2. The summed E-state index contributed by atoms with van der Waals surface area (Å²) in [6.07, 6.45) is 0. The number of benzene rings is 2. The minimum absolute atomic E-state index is 0.0563. The van der Waals surface area contributed by atoms with Crippen LogP contribution in [-0.2, 0) is 6.61 Å². The molecule has 1 aromatic heterocycles. The molecule has 3 rings (SSSR count). The molecule has 21 heavy (non-hydrogen) atoms. The van der Waals surface area contributed by atoms with Gasteiger partial charge in [-0.25, -0.2) is 0 Å². The second-order valence-corrected chi connectivity index (χ2v) is 5.85. The van der Waals surface area contributed by atoms with Crippen LogP contribution in [0.4, 0.5) is 0 Å². The second kappa shape index (κ2) is 5.58. The zero-order chi connectivity index (χ0) is 14.8. The van der Waals surface area contributed by atoms with E-state index in [2.05, 4.69) is 17.5 Å². The first-order valence-corrected chi connectivity index (χ1v) is 7.56. The Morgan fingerprint density at radius 2 is 2.05 bits per heavy atom. The average molecular weight is 296 g/mol. The molecule has 106 valence electrons. The number of nitrogen functional groups attached to an aromatic ring is 1. The molecule has 0 radical (unpaired) electrons. The molecule has 0 amide bonds. The smallest absolute Gasteiger partial charge is 0.123 e. The van der Waals surface area contributed by atoms with Gasteiger partial charge in [0.15, 0.2) is 0 Å². The quantitative estimate of drug-likeness (QED) is 0.563. The van der Waals surface area contributed by atoms with Crippen molar-refractivity contribution in [3.05, 3.63) is 64.5 Å². The molecule has 0 saturated carbocycles. The molecular weight excluding hydrogens is 280 g/mol. The number of amidine groups is 1. The van der Waals surface area contributed by atoms with Gasteiger partial charge in [-0.05, 0) is 35.4 Å². The Hall–Kier alpha value is -2.33. The van der Waals surface area contributed by atoms with Crippen LogP contribution in [0.15, 0.2) is 47.8 Å². The van der Waals surface area contributed by atoms with E-state index in [1.54, 1.807) is 11.3 Å². The van der Waals surface area contributed by atoms with Gasteiger partial charge in [0.1, 0.15) is 18.2 Å². The van der Waals surface area contributed by atoms with E-state index < -0.39 is 0 Å². The van der Waals surface area contributed by atoms with Gasteiger partial charge in [-0.3, -0.25) is 5.41 Å². The lowest BCUT2D eigenvalue weighted by Gasteiger charge is -2.10. The molecule has 3 aromatic rings. The van der Waals surface area contributed by atoms with Gasteiger partial charge in [-0.1, -0.05) is 30.3 Å². The lowest BCUT2D eigenvalue weighted by molar-refractivity contribution is 0.306. The molecule has 0 unspecified atom stereocenters. The summed E-state index contributed by atoms with van der Waals surface area (Å²) in [4.78, 5) is 0. The molecule has 0 aliphatic carbocycles. The monoisotopic (exact) mass is 296 g/mol. The van der Waals surface area contributed by atoms with Crippen molar-refractivity contribution in [2.75, 3.05) is 0 Å². The highest BCUT2D eigenvalue weighted by Gasteiger charge is 2.07. The normalized spacial score (nSPS) is 10.7. The highest BCUT2D eigenvalue weighted by molar-refractivity contribution is 7.17. The topological polar surface area (TPSA) is 59.1 Å². The number of thiophene rings is 1. The van der Waals surface area contributed by atoms with Crippen molar-refractivity contribution >= 4 is 27.3 Å². The van der Waals surface area contributed by atoms with Gasteiger partial charge in [0.2, 0.25) is 0 Å². The van der Waals surface area contributed by atoms with E-state index in [0.717, 1.165) is 11.3 Å². The van der Waals surface area contributed by atoms with Crippen LogP contribution in [0, 0.1) is 12.3 Å². The SMILES string of the molecule is Cc1ccc(C(=N)N)cc1OCc1csc2ccccc12. The van der Waals surface area contributed by atoms with Crippen LogP contribution in [-0.4, -0.2) is 5.84 Å². The summed E-state index contributed by atoms with van der Waals surface area (Å²) in [5.74, 6) is 0.832. The Bertz CT molecular complexity index is 807. The fourth-order valence-electron chi connectivity index (χ4n) is 2.22. The zero-order valence-corrected chi connectivity index (χ0v) is 12.5. The molecule has 0 aliphatic heterocycles. The van der Waals surface area contributed by atoms with E-state index in [4.69, 9.17) is 15.9 Å². The summed E-state index contributed by atoms with van der Waals surface area (Å²) in [6, 6.07) is 13.9. The van der Waals surface area contributed by atoms with Crippen LogP contribution in [0.1, 0.15) is 16.7 Å². The summed E-state index contributed by atoms with van der Waals surface area (Å²) < 4.78 is 7.20. The van der Waals surface area contributed by atoms with Crippen LogP contribution in [0.3, 0.4) is 0 Å². The number of fused-ring (bicyclic) bond motifs is 1. The highest BCUT2D eigenvalue weighted by Crippen LogP contribution is 2.27. The Labute approximate surface area is 127 Å². The molecule has 4 heteroatoms. The maximum Gasteiger partial charge on any atom is 0.123 e. The van der Waals surface area contributed by atoms with Gasteiger partial charge in [-0.2, -0.15) is 0 Å². The van der Waals surface area contributed by atoms with Gasteiger partial charge >= 0.3 is 0 Å². The molecule has 2 aromatic carbocycles. The molecule has 0 aliphatic rings. The van der Waals surface area contributed by atoms with Crippen LogP contribution in [0.2, 0.25) is 0 Å². The Morgan fingerprint density at radius 1 is 1.24 bits per heavy atom. The number of aryl methyl sites for hydroxylation is 1. The molecule has 3 N–H and O–H groups in total. The van der Waals surface area contributed by atoms with Crippen LogP contribution < -0.4 is 10.5 Å². The first-order valence-electron chi connectivity index (χ1n) is 6.68. The van der Waals surface area contributed by atoms with Crippen molar-refractivity contribution < 1.29 is 4.74 Å². The number of nitrogens with one attached hydrogen (secondary N) is 1. The fraction of sp³-hybridized carbons (Fsp3) is 0.118. The van der Waals surface area contributed by atoms with Crippen LogP contribution >= 0.6 is 11.3 Å². The first kappa shape index (κ1) is 13.6. The van der Waals surface area contributed by atoms with E-state index >= 15 is 0 Å². The largest absolute Gasteiger partial charge is 0.489 e. The molecule has 1 heterocycles. The third-order valence-corrected chi connectivity index (χ3v) is 4.46. The third kappa shape index (κ3) is 2.76.